The molecule has 6 heteroatoms. The van der Waals surface area contributed by atoms with E-state index >= 15 is 0 Å². The second-order valence-electron chi connectivity index (χ2n) is 6.52. The standard InChI is InChI=1S/C20H21N5O/c1-15(25-11-8-17-4-2-3-5-19(17)25)20(26)23-18-12-22-24(14-18)13-16-6-9-21-10-7-16/h2-7,9-10,12,14-15H,8,11,13H2,1H3,(H,23,26)/t15-/m0/s1. The maximum absolute atomic E-state index is 12.7. The normalized spacial score (nSPS) is 14.1. The highest BCUT2D eigenvalue weighted by atomic mass is 16.2. The average molecular weight is 347 g/mol. The number of hydrogen-bond donors (Lipinski definition) is 1. The Hall–Kier alpha value is -3.15. The maximum Gasteiger partial charge on any atom is 0.246 e. The van der Waals surface area contributed by atoms with Gasteiger partial charge in [-0.05, 0) is 42.7 Å². The zero-order valence-electron chi connectivity index (χ0n) is 14.7. The van der Waals surface area contributed by atoms with E-state index in [1.165, 1.54) is 5.56 Å². The minimum atomic E-state index is -0.234. The SMILES string of the molecule is C[C@@H](C(=O)Nc1cnn(Cc2ccncc2)c1)N1CCc2ccccc21. The molecule has 26 heavy (non-hydrogen) atoms. The Bertz CT molecular complexity index is 905. The van der Waals surface area contributed by atoms with Gasteiger partial charge in [0.1, 0.15) is 6.04 Å². The van der Waals surface area contributed by atoms with Crippen molar-refractivity contribution in [2.24, 2.45) is 0 Å². The van der Waals surface area contributed by atoms with Gasteiger partial charge in [-0.25, -0.2) is 0 Å². The van der Waals surface area contributed by atoms with Gasteiger partial charge in [-0.15, -0.1) is 0 Å². The van der Waals surface area contributed by atoms with E-state index in [2.05, 4.69) is 32.4 Å². The second-order valence-corrected chi connectivity index (χ2v) is 6.52. The number of nitrogens with one attached hydrogen (secondary N) is 1. The summed E-state index contributed by atoms with van der Waals surface area (Å²) in [6.07, 6.45) is 8.04. The smallest absolute Gasteiger partial charge is 0.246 e. The number of para-hydroxylation sites is 1. The first-order chi connectivity index (χ1) is 12.7. The van der Waals surface area contributed by atoms with E-state index in [4.69, 9.17) is 0 Å². The van der Waals surface area contributed by atoms with Gasteiger partial charge in [-0.1, -0.05) is 18.2 Å². The first-order valence-electron chi connectivity index (χ1n) is 8.77. The fraction of sp³-hybridized carbons (Fsp3) is 0.250. The number of anilines is 2. The molecule has 0 aliphatic carbocycles. The van der Waals surface area contributed by atoms with E-state index in [0.29, 0.717) is 12.2 Å². The summed E-state index contributed by atoms with van der Waals surface area (Å²) in [6.45, 7) is 3.46. The molecule has 3 heterocycles. The number of rotatable bonds is 5. The Morgan fingerprint density at radius 1 is 1.23 bits per heavy atom. The lowest BCUT2D eigenvalue weighted by atomic mass is 10.1. The van der Waals surface area contributed by atoms with Crippen LogP contribution >= 0.6 is 0 Å². The summed E-state index contributed by atoms with van der Waals surface area (Å²) in [5.41, 5.74) is 4.28. The minimum Gasteiger partial charge on any atom is -0.359 e. The molecular weight excluding hydrogens is 326 g/mol. The minimum absolute atomic E-state index is 0.0230. The molecular formula is C20H21N5O. The number of fused-ring (bicyclic) bond motifs is 1. The van der Waals surface area contributed by atoms with Crippen LogP contribution in [0.5, 0.6) is 0 Å². The van der Waals surface area contributed by atoms with Crippen LogP contribution in [0.3, 0.4) is 0 Å². The first-order valence-corrected chi connectivity index (χ1v) is 8.77. The first kappa shape index (κ1) is 16.3. The molecule has 1 aromatic carbocycles. The second kappa shape index (κ2) is 7.00. The maximum atomic E-state index is 12.7. The third kappa shape index (κ3) is 3.31. The van der Waals surface area contributed by atoms with Crippen LogP contribution in [0.25, 0.3) is 0 Å². The number of pyridine rings is 1. The molecule has 1 aliphatic rings. The predicted molar refractivity (Wildman–Crippen MR) is 101 cm³/mol. The highest BCUT2D eigenvalue weighted by Gasteiger charge is 2.27. The van der Waals surface area contributed by atoms with Crippen LogP contribution in [-0.2, 0) is 17.8 Å². The molecule has 0 saturated carbocycles. The zero-order valence-corrected chi connectivity index (χ0v) is 14.7. The number of carbonyl (C=O) groups is 1. The van der Waals surface area contributed by atoms with Gasteiger partial charge in [-0.2, -0.15) is 5.10 Å². The summed E-state index contributed by atoms with van der Waals surface area (Å²) in [6, 6.07) is 11.9. The monoisotopic (exact) mass is 347 g/mol. The van der Waals surface area contributed by atoms with Crippen molar-refractivity contribution in [1.82, 2.24) is 14.8 Å². The number of aromatic nitrogens is 3. The van der Waals surface area contributed by atoms with Crippen LogP contribution in [0.1, 0.15) is 18.1 Å². The molecule has 0 bridgehead atoms. The van der Waals surface area contributed by atoms with Crippen molar-refractivity contribution in [3.8, 4) is 0 Å². The summed E-state index contributed by atoms with van der Waals surface area (Å²) in [5, 5.41) is 7.30. The van der Waals surface area contributed by atoms with Gasteiger partial charge in [0, 0.05) is 30.8 Å². The van der Waals surface area contributed by atoms with E-state index in [1.807, 2.05) is 37.4 Å². The molecule has 1 N–H and O–H groups in total. The van der Waals surface area contributed by atoms with Gasteiger partial charge in [0.05, 0.1) is 18.4 Å². The fourth-order valence-electron chi connectivity index (χ4n) is 3.34. The number of hydrogen-bond acceptors (Lipinski definition) is 4. The number of amides is 1. The summed E-state index contributed by atoms with van der Waals surface area (Å²) in [4.78, 5) is 18.9. The van der Waals surface area contributed by atoms with Crippen LogP contribution in [0.15, 0.2) is 61.2 Å². The van der Waals surface area contributed by atoms with Crippen LogP contribution in [0.2, 0.25) is 0 Å². The molecule has 1 amide bonds. The number of benzene rings is 1. The lowest BCUT2D eigenvalue weighted by molar-refractivity contribution is -0.117. The third-order valence-corrected chi connectivity index (χ3v) is 4.76. The average Bonchev–Trinajstić information content (AvgIpc) is 3.29. The quantitative estimate of drug-likeness (QED) is 0.771. The van der Waals surface area contributed by atoms with Gasteiger partial charge < -0.3 is 10.2 Å². The summed E-state index contributed by atoms with van der Waals surface area (Å²) in [5.74, 6) is -0.0230. The molecule has 4 rings (SSSR count). The van der Waals surface area contributed by atoms with Crippen molar-refractivity contribution in [1.29, 1.82) is 0 Å². The molecule has 0 fully saturated rings. The Morgan fingerprint density at radius 2 is 2.04 bits per heavy atom. The van der Waals surface area contributed by atoms with E-state index in [1.54, 1.807) is 23.3 Å². The lowest BCUT2D eigenvalue weighted by Crippen LogP contribution is -2.41. The van der Waals surface area contributed by atoms with Crippen molar-refractivity contribution in [3.63, 3.8) is 0 Å². The van der Waals surface area contributed by atoms with Gasteiger partial charge >= 0.3 is 0 Å². The predicted octanol–water partition coefficient (Wildman–Crippen LogP) is 2.72. The van der Waals surface area contributed by atoms with Crippen LogP contribution in [0, 0.1) is 0 Å². The van der Waals surface area contributed by atoms with Gasteiger partial charge in [0.2, 0.25) is 5.91 Å². The Kier molecular flexibility index (Phi) is 4.39. The van der Waals surface area contributed by atoms with E-state index in [-0.39, 0.29) is 11.9 Å². The van der Waals surface area contributed by atoms with Crippen molar-refractivity contribution >= 4 is 17.3 Å². The zero-order chi connectivity index (χ0) is 17.9. The summed E-state index contributed by atoms with van der Waals surface area (Å²) < 4.78 is 1.81. The van der Waals surface area contributed by atoms with Crippen LogP contribution in [-0.4, -0.2) is 33.3 Å². The molecule has 1 atom stereocenters. The highest BCUT2D eigenvalue weighted by molar-refractivity contribution is 5.96. The number of carbonyl (C=O) groups excluding carboxylic acids is 1. The lowest BCUT2D eigenvalue weighted by Gasteiger charge is -2.26. The topological polar surface area (TPSA) is 63.1 Å². The Labute approximate surface area is 152 Å². The number of nitrogens with zero attached hydrogens (tertiary/aromatic N) is 4. The Morgan fingerprint density at radius 3 is 2.88 bits per heavy atom. The molecule has 3 aromatic rings. The molecule has 0 unspecified atom stereocenters. The van der Waals surface area contributed by atoms with Gasteiger partial charge in [0.25, 0.3) is 0 Å². The summed E-state index contributed by atoms with van der Waals surface area (Å²) >= 11 is 0. The highest BCUT2D eigenvalue weighted by Crippen LogP contribution is 2.29. The van der Waals surface area contributed by atoms with E-state index in [0.717, 1.165) is 24.2 Å². The van der Waals surface area contributed by atoms with Gasteiger partial charge in [-0.3, -0.25) is 14.5 Å². The molecule has 2 aromatic heterocycles. The molecule has 0 spiro atoms. The molecule has 0 saturated heterocycles. The van der Waals surface area contributed by atoms with Crippen LogP contribution < -0.4 is 10.2 Å². The van der Waals surface area contributed by atoms with Gasteiger partial charge in [0.15, 0.2) is 0 Å². The fourth-order valence-corrected chi connectivity index (χ4v) is 3.34. The van der Waals surface area contributed by atoms with Crippen molar-refractivity contribution in [2.75, 3.05) is 16.8 Å². The largest absolute Gasteiger partial charge is 0.359 e. The molecule has 132 valence electrons. The summed E-state index contributed by atoms with van der Waals surface area (Å²) in [7, 11) is 0. The Balaban J connectivity index is 1.41. The van der Waals surface area contributed by atoms with Crippen molar-refractivity contribution in [3.05, 3.63) is 72.3 Å². The van der Waals surface area contributed by atoms with Crippen LogP contribution in [0.4, 0.5) is 11.4 Å². The molecule has 0 radical (unpaired) electrons. The molecule has 6 nitrogen and oxygen atoms in total. The third-order valence-electron chi connectivity index (χ3n) is 4.76. The van der Waals surface area contributed by atoms with Crippen molar-refractivity contribution in [2.45, 2.75) is 25.9 Å². The van der Waals surface area contributed by atoms with E-state index in [9.17, 15) is 4.79 Å². The van der Waals surface area contributed by atoms with Crippen molar-refractivity contribution < 1.29 is 4.79 Å². The van der Waals surface area contributed by atoms with E-state index < -0.39 is 0 Å². The molecule has 1 aliphatic heterocycles.